The third-order valence-electron chi connectivity index (χ3n) is 1.72. The Bertz CT molecular complexity index is 311. The Morgan fingerprint density at radius 3 is 2.60 bits per heavy atom. The number of hydrogen-bond acceptors (Lipinski definition) is 2. The van der Waals surface area contributed by atoms with Gasteiger partial charge in [-0.15, -0.1) is 11.6 Å². The summed E-state index contributed by atoms with van der Waals surface area (Å²) in [4.78, 5) is 10.8. The fraction of sp³-hybridized carbons (Fsp3) is 0.364. The number of hydrogen-bond donors (Lipinski definition) is 1. The van der Waals surface area contributed by atoms with Crippen LogP contribution < -0.4 is 10.1 Å². The van der Waals surface area contributed by atoms with Gasteiger partial charge in [0.1, 0.15) is 5.75 Å². The van der Waals surface area contributed by atoms with Crippen molar-refractivity contribution in [1.82, 2.24) is 0 Å². The van der Waals surface area contributed by atoms with Crippen molar-refractivity contribution in [2.45, 2.75) is 13.3 Å². The molecule has 0 fully saturated rings. The smallest absolute Gasteiger partial charge is 0.221 e. The van der Waals surface area contributed by atoms with Gasteiger partial charge in [-0.25, -0.2) is 0 Å². The lowest BCUT2D eigenvalue weighted by Gasteiger charge is -2.06. The molecule has 1 amide bonds. The predicted octanol–water partition coefficient (Wildman–Crippen LogP) is 2.65. The van der Waals surface area contributed by atoms with Crippen molar-refractivity contribution in [3.8, 4) is 5.75 Å². The first-order valence-corrected chi connectivity index (χ1v) is 5.32. The van der Waals surface area contributed by atoms with Gasteiger partial charge in [0.15, 0.2) is 0 Å². The molecule has 82 valence electrons. The molecule has 0 aliphatic rings. The highest BCUT2D eigenvalue weighted by Crippen LogP contribution is 2.15. The number of benzene rings is 1. The number of alkyl halides is 1. The van der Waals surface area contributed by atoms with Crippen molar-refractivity contribution in [3.05, 3.63) is 24.3 Å². The topological polar surface area (TPSA) is 38.3 Å². The van der Waals surface area contributed by atoms with Gasteiger partial charge in [0.25, 0.3) is 0 Å². The maximum Gasteiger partial charge on any atom is 0.221 e. The maximum atomic E-state index is 10.8. The van der Waals surface area contributed by atoms with Crippen molar-refractivity contribution < 1.29 is 9.53 Å². The Morgan fingerprint density at radius 2 is 2.07 bits per heavy atom. The molecule has 4 heteroatoms. The van der Waals surface area contributed by atoms with Gasteiger partial charge in [-0.1, -0.05) is 0 Å². The molecule has 0 aromatic heterocycles. The van der Waals surface area contributed by atoms with Crippen LogP contribution in [0.1, 0.15) is 13.3 Å². The van der Waals surface area contributed by atoms with E-state index in [2.05, 4.69) is 5.32 Å². The van der Waals surface area contributed by atoms with Gasteiger partial charge in [-0.2, -0.15) is 0 Å². The normalized spacial score (nSPS) is 9.73. The molecule has 0 aliphatic heterocycles. The largest absolute Gasteiger partial charge is 0.494 e. The van der Waals surface area contributed by atoms with Crippen LogP contribution >= 0.6 is 11.6 Å². The Labute approximate surface area is 94.4 Å². The third-order valence-corrected chi connectivity index (χ3v) is 1.99. The molecule has 3 nitrogen and oxygen atoms in total. The van der Waals surface area contributed by atoms with Crippen LogP contribution in [0.2, 0.25) is 0 Å². The fourth-order valence-electron chi connectivity index (χ4n) is 1.08. The van der Waals surface area contributed by atoms with Crippen LogP contribution in [0, 0.1) is 0 Å². The van der Waals surface area contributed by atoms with E-state index in [0.29, 0.717) is 12.5 Å². The molecular formula is C11H14ClNO2. The number of nitrogens with one attached hydrogen (secondary N) is 1. The van der Waals surface area contributed by atoms with Crippen LogP contribution in [0.15, 0.2) is 24.3 Å². The molecule has 0 saturated heterocycles. The Kier molecular flexibility index (Phi) is 4.98. The molecule has 1 aromatic rings. The molecule has 0 aliphatic carbocycles. The van der Waals surface area contributed by atoms with Crippen molar-refractivity contribution in [2.75, 3.05) is 17.8 Å². The first-order valence-electron chi connectivity index (χ1n) is 4.79. The van der Waals surface area contributed by atoms with Crippen LogP contribution in [0.25, 0.3) is 0 Å². The summed E-state index contributed by atoms with van der Waals surface area (Å²) in [5, 5.41) is 2.68. The molecule has 0 radical (unpaired) electrons. The molecular weight excluding hydrogens is 214 g/mol. The van der Waals surface area contributed by atoms with Crippen LogP contribution in [0.4, 0.5) is 5.69 Å². The lowest BCUT2D eigenvalue weighted by molar-refractivity contribution is -0.114. The van der Waals surface area contributed by atoms with E-state index in [9.17, 15) is 4.79 Å². The monoisotopic (exact) mass is 227 g/mol. The van der Waals surface area contributed by atoms with Crippen molar-refractivity contribution in [2.24, 2.45) is 0 Å². The summed E-state index contributed by atoms with van der Waals surface area (Å²) in [5.41, 5.74) is 0.771. The summed E-state index contributed by atoms with van der Waals surface area (Å²) in [6.45, 7) is 2.09. The number of ether oxygens (including phenoxy) is 1. The molecule has 1 aromatic carbocycles. The molecule has 0 unspecified atom stereocenters. The van der Waals surface area contributed by atoms with Crippen molar-refractivity contribution >= 4 is 23.2 Å². The summed E-state index contributed by atoms with van der Waals surface area (Å²) in [6, 6.07) is 7.24. The molecule has 0 saturated carbocycles. The number of carbonyl (C=O) groups excluding carboxylic acids is 1. The lowest BCUT2D eigenvalue weighted by Crippen LogP contribution is -2.05. The van der Waals surface area contributed by atoms with E-state index in [-0.39, 0.29) is 5.91 Å². The molecule has 15 heavy (non-hydrogen) atoms. The molecule has 0 bridgehead atoms. The summed E-state index contributed by atoms with van der Waals surface area (Å²) in [6.07, 6.45) is 0.828. The number of amides is 1. The van der Waals surface area contributed by atoms with Gasteiger partial charge in [0.2, 0.25) is 5.91 Å². The molecule has 1 N–H and O–H groups in total. The van der Waals surface area contributed by atoms with Gasteiger partial charge in [0.05, 0.1) is 6.61 Å². The zero-order valence-electron chi connectivity index (χ0n) is 8.63. The summed E-state index contributed by atoms with van der Waals surface area (Å²) in [7, 11) is 0. The van der Waals surface area contributed by atoms with Crippen molar-refractivity contribution in [3.63, 3.8) is 0 Å². The minimum atomic E-state index is -0.0780. The molecule has 0 atom stereocenters. The Morgan fingerprint density at radius 1 is 1.40 bits per heavy atom. The van der Waals surface area contributed by atoms with Crippen LogP contribution in [-0.2, 0) is 4.79 Å². The van der Waals surface area contributed by atoms with Crippen LogP contribution in [-0.4, -0.2) is 18.4 Å². The van der Waals surface area contributed by atoms with Gasteiger partial charge >= 0.3 is 0 Å². The fourth-order valence-corrected chi connectivity index (χ4v) is 1.19. The van der Waals surface area contributed by atoms with E-state index < -0.39 is 0 Å². The minimum Gasteiger partial charge on any atom is -0.494 e. The Balaban J connectivity index is 2.45. The Hall–Kier alpha value is -1.22. The second kappa shape index (κ2) is 6.30. The predicted molar refractivity (Wildman–Crippen MR) is 61.6 cm³/mol. The highest BCUT2D eigenvalue weighted by molar-refractivity contribution is 6.17. The zero-order valence-corrected chi connectivity index (χ0v) is 9.38. The van der Waals surface area contributed by atoms with Gasteiger partial charge < -0.3 is 10.1 Å². The first-order chi connectivity index (χ1) is 7.22. The molecule has 1 rings (SSSR count). The van der Waals surface area contributed by atoms with Gasteiger partial charge in [0, 0.05) is 18.5 Å². The number of anilines is 1. The maximum absolute atomic E-state index is 10.8. The molecule has 0 spiro atoms. The van der Waals surface area contributed by atoms with E-state index in [4.69, 9.17) is 16.3 Å². The summed E-state index contributed by atoms with van der Waals surface area (Å²) < 4.78 is 5.41. The van der Waals surface area contributed by atoms with E-state index in [1.54, 1.807) is 12.1 Å². The highest BCUT2D eigenvalue weighted by Gasteiger charge is 1.96. The summed E-state index contributed by atoms with van der Waals surface area (Å²) in [5.74, 6) is 1.31. The average molecular weight is 228 g/mol. The van der Waals surface area contributed by atoms with E-state index >= 15 is 0 Å². The van der Waals surface area contributed by atoms with E-state index in [1.807, 2.05) is 12.1 Å². The van der Waals surface area contributed by atoms with E-state index in [0.717, 1.165) is 17.9 Å². The molecule has 0 heterocycles. The summed E-state index contributed by atoms with van der Waals surface area (Å²) >= 11 is 5.52. The number of carbonyl (C=O) groups is 1. The van der Waals surface area contributed by atoms with Crippen LogP contribution in [0.5, 0.6) is 5.75 Å². The third kappa shape index (κ3) is 4.70. The second-order valence-corrected chi connectivity index (χ2v) is 3.47. The first kappa shape index (κ1) is 11.9. The average Bonchev–Trinajstić information content (AvgIpc) is 2.20. The van der Waals surface area contributed by atoms with Gasteiger partial charge in [-0.3, -0.25) is 4.79 Å². The van der Waals surface area contributed by atoms with Crippen molar-refractivity contribution in [1.29, 1.82) is 0 Å². The highest BCUT2D eigenvalue weighted by atomic mass is 35.5. The number of halogens is 1. The second-order valence-electron chi connectivity index (χ2n) is 3.10. The van der Waals surface area contributed by atoms with Crippen LogP contribution in [0.3, 0.4) is 0 Å². The van der Waals surface area contributed by atoms with Gasteiger partial charge in [-0.05, 0) is 30.7 Å². The zero-order chi connectivity index (χ0) is 11.1. The SMILES string of the molecule is CC(=O)Nc1ccc(OCCCCl)cc1. The standard InChI is InChI=1S/C11H14ClNO2/c1-9(14)13-10-3-5-11(6-4-10)15-8-2-7-12/h3-6H,2,7-8H2,1H3,(H,13,14). The number of rotatable bonds is 5. The minimum absolute atomic E-state index is 0.0780. The lowest BCUT2D eigenvalue weighted by atomic mass is 10.3. The quantitative estimate of drug-likeness (QED) is 0.621. The van der Waals surface area contributed by atoms with E-state index in [1.165, 1.54) is 6.92 Å².